The van der Waals surface area contributed by atoms with Crippen molar-refractivity contribution in [2.24, 2.45) is 0 Å². The van der Waals surface area contributed by atoms with Crippen LogP contribution in [-0.2, 0) is 30.5 Å². The number of fused-ring (bicyclic) bond motifs is 1. The number of carbonyl (C=O) groups excluding carboxylic acids is 1. The van der Waals surface area contributed by atoms with Gasteiger partial charge in [-0.25, -0.2) is 4.68 Å². The van der Waals surface area contributed by atoms with Crippen molar-refractivity contribution in [3.05, 3.63) is 58.9 Å². The molecule has 1 aromatic carbocycles. The molecule has 158 valence electrons. The average molecular weight is 418 g/mol. The van der Waals surface area contributed by atoms with E-state index < -0.39 is 12.0 Å². The summed E-state index contributed by atoms with van der Waals surface area (Å²) in [7, 11) is 0. The molecule has 0 unspecified atom stereocenters. The minimum atomic E-state index is -4.55. The van der Waals surface area contributed by atoms with Crippen molar-refractivity contribution in [3.8, 4) is 5.69 Å². The molecule has 30 heavy (non-hydrogen) atoms. The summed E-state index contributed by atoms with van der Waals surface area (Å²) >= 11 is 0. The molecule has 1 aliphatic rings. The second kappa shape index (κ2) is 7.58. The van der Waals surface area contributed by atoms with Gasteiger partial charge in [0.05, 0.1) is 17.9 Å². The minimum absolute atomic E-state index is 0.0309. The van der Waals surface area contributed by atoms with Crippen LogP contribution in [0.15, 0.2) is 30.3 Å². The van der Waals surface area contributed by atoms with E-state index in [0.717, 1.165) is 27.2 Å². The number of aromatic nitrogens is 5. The lowest BCUT2D eigenvalue weighted by Crippen LogP contribution is -2.39. The Labute approximate surface area is 171 Å². The van der Waals surface area contributed by atoms with E-state index in [1.807, 2.05) is 48.9 Å². The first-order valence-electron chi connectivity index (χ1n) is 9.63. The van der Waals surface area contributed by atoms with Crippen molar-refractivity contribution in [2.75, 3.05) is 6.54 Å². The molecule has 0 spiro atoms. The number of aryl methyl sites for hydroxylation is 1. The lowest BCUT2D eigenvalue weighted by Gasteiger charge is -2.28. The van der Waals surface area contributed by atoms with E-state index in [0.29, 0.717) is 6.42 Å². The molecule has 10 heteroatoms. The molecular weight excluding hydrogens is 397 g/mol. The van der Waals surface area contributed by atoms with Gasteiger partial charge >= 0.3 is 6.18 Å². The predicted molar refractivity (Wildman–Crippen MR) is 102 cm³/mol. The van der Waals surface area contributed by atoms with E-state index in [9.17, 15) is 18.0 Å². The van der Waals surface area contributed by atoms with Gasteiger partial charge in [-0.15, -0.1) is 10.2 Å². The standard InChI is InChI=1S/C20H21F3N6O/c1-13-16(14(2)29(26-13)15-6-4-3-5-7-15)8-9-18(30)27-10-11-28-17(12-27)24-25-19(28)20(21,22)23/h3-7H,8-12H2,1-2H3. The fraction of sp³-hybridized carbons (Fsp3) is 0.400. The molecule has 0 bridgehead atoms. The molecule has 0 radical (unpaired) electrons. The maximum absolute atomic E-state index is 13.0. The van der Waals surface area contributed by atoms with Gasteiger partial charge in [-0.2, -0.15) is 18.3 Å². The first-order valence-corrected chi connectivity index (χ1v) is 9.63. The van der Waals surface area contributed by atoms with Crippen LogP contribution >= 0.6 is 0 Å². The summed E-state index contributed by atoms with van der Waals surface area (Å²) in [5, 5.41) is 11.5. The Morgan fingerprint density at radius 3 is 2.53 bits per heavy atom. The van der Waals surface area contributed by atoms with E-state index in [4.69, 9.17) is 0 Å². The zero-order valence-corrected chi connectivity index (χ0v) is 16.6. The second-order valence-corrected chi connectivity index (χ2v) is 7.30. The number of hydrogen-bond acceptors (Lipinski definition) is 4. The molecule has 0 atom stereocenters. The van der Waals surface area contributed by atoms with Crippen LogP contribution in [0, 0.1) is 13.8 Å². The molecule has 0 N–H and O–H groups in total. The van der Waals surface area contributed by atoms with E-state index in [1.165, 1.54) is 4.90 Å². The Kier molecular flexibility index (Phi) is 5.08. The summed E-state index contributed by atoms with van der Waals surface area (Å²) in [5.41, 5.74) is 3.79. The summed E-state index contributed by atoms with van der Waals surface area (Å²) in [6, 6.07) is 9.75. The molecule has 7 nitrogen and oxygen atoms in total. The van der Waals surface area contributed by atoms with Gasteiger partial charge < -0.3 is 9.47 Å². The third kappa shape index (κ3) is 3.69. The zero-order valence-electron chi connectivity index (χ0n) is 16.6. The molecule has 0 saturated carbocycles. The molecule has 2 aromatic heterocycles. The normalized spacial score (nSPS) is 14.1. The molecule has 1 amide bonds. The van der Waals surface area contributed by atoms with Crippen LogP contribution in [0.1, 0.15) is 35.0 Å². The third-order valence-corrected chi connectivity index (χ3v) is 5.39. The van der Waals surface area contributed by atoms with Crippen LogP contribution in [0.5, 0.6) is 0 Å². The quantitative estimate of drug-likeness (QED) is 0.653. The maximum Gasteiger partial charge on any atom is 0.451 e. The minimum Gasteiger partial charge on any atom is -0.333 e. The summed E-state index contributed by atoms with van der Waals surface area (Å²) in [6.07, 6.45) is -3.78. The zero-order chi connectivity index (χ0) is 21.5. The van der Waals surface area contributed by atoms with Crippen molar-refractivity contribution in [1.29, 1.82) is 0 Å². The molecule has 1 aliphatic heterocycles. The Balaban J connectivity index is 1.44. The number of para-hydroxylation sites is 1. The van der Waals surface area contributed by atoms with Gasteiger partial charge in [0.25, 0.3) is 0 Å². The van der Waals surface area contributed by atoms with Crippen LogP contribution in [0.3, 0.4) is 0 Å². The van der Waals surface area contributed by atoms with Gasteiger partial charge in [-0.1, -0.05) is 18.2 Å². The maximum atomic E-state index is 13.0. The van der Waals surface area contributed by atoms with Gasteiger partial charge in [0.15, 0.2) is 5.82 Å². The topological polar surface area (TPSA) is 68.8 Å². The van der Waals surface area contributed by atoms with Gasteiger partial charge in [0.2, 0.25) is 11.7 Å². The van der Waals surface area contributed by atoms with Gasteiger partial charge in [-0.3, -0.25) is 4.79 Å². The van der Waals surface area contributed by atoms with Crippen LogP contribution < -0.4 is 0 Å². The van der Waals surface area contributed by atoms with Gasteiger partial charge in [0.1, 0.15) is 0 Å². The summed E-state index contributed by atoms with van der Waals surface area (Å²) in [6.45, 7) is 4.15. The highest BCUT2D eigenvalue weighted by atomic mass is 19.4. The highest BCUT2D eigenvalue weighted by Gasteiger charge is 2.39. The van der Waals surface area contributed by atoms with E-state index in [2.05, 4.69) is 15.3 Å². The summed E-state index contributed by atoms with van der Waals surface area (Å²) in [4.78, 5) is 14.2. The van der Waals surface area contributed by atoms with Gasteiger partial charge in [0, 0.05) is 25.2 Å². The van der Waals surface area contributed by atoms with Crippen molar-refractivity contribution < 1.29 is 18.0 Å². The van der Waals surface area contributed by atoms with Crippen LogP contribution in [0.2, 0.25) is 0 Å². The van der Waals surface area contributed by atoms with E-state index in [-0.39, 0.29) is 37.8 Å². The smallest absolute Gasteiger partial charge is 0.333 e. The Morgan fingerprint density at radius 2 is 1.83 bits per heavy atom. The number of benzene rings is 1. The number of alkyl halides is 3. The molecule has 0 fully saturated rings. The highest BCUT2D eigenvalue weighted by molar-refractivity contribution is 5.76. The largest absolute Gasteiger partial charge is 0.451 e. The number of nitrogens with zero attached hydrogens (tertiary/aromatic N) is 6. The van der Waals surface area contributed by atoms with Crippen LogP contribution in [-0.4, -0.2) is 41.9 Å². The Hall–Kier alpha value is -3.17. The SMILES string of the molecule is Cc1nn(-c2ccccc2)c(C)c1CCC(=O)N1CCn2c(nnc2C(F)(F)F)C1. The third-order valence-electron chi connectivity index (χ3n) is 5.39. The van der Waals surface area contributed by atoms with Crippen molar-refractivity contribution in [2.45, 2.75) is 46.0 Å². The van der Waals surface area contributed by atoms with Gasteiger partial charge in [-0.05, 0) is 38.0 Å². The lowest BCUT2D eigenvalue weighted by molar-refractivity contribution is -0.148. The Bertz CT molecular complexity index is 1070. The predicted octanol–water partition coefficient (Wildman–Crippen LogP) is 3.07. The molecule has 3 aromatic rings. The average Bonchev–Trinajstić information content (AvgIpc) is 3.27. The fourth-order valence-electron chi connectivity index (χ4n) is 3.83. The van der Waals surface area contributed by atoms with Crippen molar-refractivity contribution in [1.82, 2.24) is 29.4 Å². The number of rotatable bonds is 4. The first-order chi connectivity index (χ1) is 14.3. The number of amides is 1. The van der Waals surface area contributed by atoms with Crippen LogP contribution in [0.25, 0.3) is 5.69 Å². The lowest BCUT2D eigenvalue weighted by atomic mass is 10.1. The monoisotopic (exact) mass is 418 g/mol. The molecule has 4 rings (SSSR count). The first kappa shape index (κ1) is 20.1. The second-order valence-electron chi connectivity index (χ2n) is 7.30. The summed E-state index contributed by atoms with van der Waals surface area (Å²) < 4.78 is 41.8. The molecular formula is C20H21F3N6O. The van der Waals surface area contributed by atoms with Crippen molar-refractivity contribution >= 4 is 5.91 Å². The molecule has 0 aliphatic carbocycles. The number of hydrogen-bond donors (Lipinski definition) is 0. The van der Waals surface area contributed by atoms with Crippen LogP contribution in [0.4, 0.5) is 13.2 Å². The molecule has 3 heterocycles. The highest BCUT2D eigenvalue weighted by Crippen LogP contribution is 2.29. The van der Waals surface area contributed by atoms with Crippen molar-refractivity contribution in [3.63, 3.8) is 0 Å². The molecule has 0 saturated heterocycles. The Morgan fingerprint density at radius 1 is 1.10 bits per heavy atom. The number of halogens is 3. The van der Waals surface area contributed by atoms with E-state index >= 15 is 0 Å². The van der Waals surface area contributed by atoms with E-state index in [1.54, 1.807) is 0 Å². The number of carbonyl (C=O) groups is 1. The summed E-state index contributed by atoms with van der Waals surface area (Å²) in [5.74, 6) is -0.973. The fourth-order valence-corrected chi connectivity index (χ4v) is 3.83.